The lowest BCUT2D eigenvalue weighted by Crippen LogP contribution is -2.31. The molecule has 0 spiro atoms. The van der Waals surface area contributed by atoms with Gasteiger partial charge in [0.25, 0.3) is 11.1 Å². The Bertz CT molecular complexity index is 1800. The average Bonchev–Trinajstić information content (AvgIpc) is 3.20. The van der Waals surface area contributed by atoms with Gasteiger partial charge in [-0.1, -0.05) is 23.9 Å². The molecule has 0 aliphatic carbocycles. The van der Waals surface area contributed by atoms with Gasteiger partial charge in [-0.05, 0) is 72.7 Å². The third-order valence-corrected chi connectivity index (χ3v) is 7.44. The second kappa shape index (κ2) is 9.65. The molecule has 1 aromatic carbocycles. The molecule has 0 amide bonds. The number of fused-ring (bicyclic) bond motifs is 2. The minimum absolute atomic E-state index is 0.251. The molecule has 2 N–H and O–H groups in total. The van der Waals surface area contributed by atoms with Crippen LogP contribution in [0.3, 0.4) is 0 Å². The number of H-pyrrole nitrogens is 2. The third-order valence-electron chi connectivity index (χ3n) is 5.85. The summed E-state index contributed by atoms with van der Waals surface area (Å²) in [5, 5.41) is 0.877. The number of aryl methyl sites for hydroxylation is 3. The number of hydrogen-bond donors (Lipinski definition) is 2. The van der Waals surface area contributed by atoms with Gasteiger partial charge in [-0.2, -0.15) is 0 Å². The molecule has 0 radical (unpaired) electrons. The molecule has 184 valence electrons. The molecule has 5 rings (SSSR count). The Morgan fingerprint density at radius 2 is 1.72 bits per heavy atom. The molecule has 0 aliphatic heterocycles. The van der Waals surface area contributed by atoms with Crippen LogP contribution in [0.5, 0.6) is 0 Å². The Labute approximate surface area is 222 Å². The van der Waals surface area contributed by atoms with Crippen LogP contribution in [0.25, 0.3) is 22.2 Å². The van der Waals surface area contributed by atoms with Crippen LogP contribution in [0.15, 0.2) is 49.9 Å². The Balaban J connectivity index is 1.55. The molecule has 0 saturated heterocycles. The van der Waals surface area contributed by atoms with Crippen molar-refractivity contribution in [2.45, 2.75) is 44.8 Å². The van der Waals surface area contributed by atoms with E-state index in [-0.39, 0.29) is 12.1 Å². The molecule has 0 atom stereocenters. The molecule has 4 heterocycles. The quantitative estimate of drug-likeness (QED) is 0.171. The number of rotatable bonds is 6. The van der Waals surface area contributed by atoms with Crippen LogP contribution in [0.4, 0.5) is 0 Å². The first-order valence-electron chi connectivity index (χ1n) is 11.2. The van der Waals surface area contributed by atoms with E-state index in [0.29, 0.717) is 45.5 Å². The molecule has 12 heteroatoms. The maximum atomic E-state index is 12.8. The smallest absolute Gasteiger partial charge is 0.322 e. The lowest BCUT2D eigenvalue weighted by Gasteiger charge is -2.07. The van der Waals surface area contributed by atoms with Crippen LogP contribution >= 0.6 is 34.4 Å². The highest BCUT2D eigenvalue weighted by atomic mass is 127. The van der Waals surface area contributed by atoms with Crippen molar-refractivity contribution in [2.24, 2.45) is 0 Å². The summed E-state index contributed by atoms with van der Waals surface area (Å²) in [5.74, 6) is 0.930. The lowest BCUT2D eigenvalue weighted by molar-refractivity contribution is 0.736. The lowest BCUT2D eigenvalue weighted by atomic mass is 10.2. The van der Waals surface area contributed by atoms with E-state index in [1.807, 2.05) is 51.1 Å². The van der Waals surface area contributed by atoms with Gasteiger partial charge in [0.05, 0.1) is 17.7 Å². The van der Waals surface area contributed by atoms with E-state index in [0.717, 1.165) is 20.4 Å². The van der Waals surface area contributed by atoms with Crippen molar-refractivity contribution >= 4 is 56.6 Å². The van der Waals surface area contributed by atoms with Crippen molar-refractivity contribution in [1.82, 2.24) is 34.1 Å². The Kier molecular flexibility index (Phi) is 6.55. The summed E-state index contributed by atoms with van der Waals surface area (Å²) in [6.45, 7) is 6.39. The van der Waals surface area contributed by atoms with Crippen molar-refractivity contribution < 1.29 is 0 Å². The van der Waals surface area contributed by atoms with Crippen LogP contribution in [0, 0.1) is 17.4 Å². The first-order valence-corrected chi connectivity index (χ1v) is 13.3. The highest BCUT2D eigenvalue weighted by Gasteiger charge is 2.19. The van der Waals surface area contributed by atoms with Gasteiger partial charge >= 0.3 is 5.69 Å². The summed E-state index contributed by atoms with van der Waals surface area (Å²) in [5.41, 5.74) is 2.34. The molecule has 0 fully saturated rings. The Hall–Kier alpha value is -3.26. The first-order chi connectivity index (χ1) is 17.2. The number of imidazole rings is 1. The van der Waals surface area contributed by atoms with Crippen molar-refractivity contribution in [3.63, 3.8) is 0 Å². The Morgan fingerprint density at radius 3 is 2.44 bits per heavy atom. The number of nitrogens with zero attached hydrogens (tertiary/aromatic N) is 5. The SMILES string of the molecule is CCn1c(CSc2nc3nc(C)cc(C)c3c(=O)[nH]2)nc2c1c(=O)[nH]c(=O)n2Cc1ccc(I)cc1. The molecule has 0 unspecified atom stereocenters. The van der Waals surface area contributed by atoms with Crippen LogP contribution in [0.1, 0.15) is 29.6 Å². The number of halogens is 1. The van der Waals surface area contributed by atoms with Gasteiger partial charge in [-0.3, -0.25) is 19.1 Å². The highest BCUT2D eigenvalue weighted by molar-refractivity contribution is 14.1. The molecule has 5 aromatic rings. The van der Waals surface area contributed by atoms with E-state index in [4.69, 9.17) is 4.98 Å². The van der Waals surface area contributed by atoms with E-state index >= 15 is 0 Å². The number of nitrogens with one attached hydrogen (secondary N) is 2. The van der Waals surface area contributed by atoms with E-state index in [1.54, 1.807) is 4.57 Å². The second-order valence-corrected chi connectivity index (χ2v) is 10.6. The van der Waals surface area contributed by atoms with Crippen molar-refractivity contribution in [3.8, 4) is 0 Å². The third kappa shape index (κ3) is 4.50. The normalized spacial score (nSPS) is 11.6. The van der Waals surface area contributed by atoms with Crippen LogP contribution in [-0.4, -0.2) is 34.1 Å². The molecular weight excluding hydrogens is 593 g/mol. The van der Waals surface area contributed by atoms with Crippen LogP contribution in [-0.2, 0) is 18.8 Å². The number of thioether (sulfide) groups is 1. The van der Waals surface area contributed by atoms with Crippen molar-refractivity contribution in [1.29, 1.82) is 0 Å². The number of hydrogen-bond acceptors (Lipinski definition) is 7. The highest BCUT2D eigenvalue weighted by Crippen LogP contribution is 2.23. The molecule has 36 heavy (non-hydrogen) atoms. The maximum absolute atomic E-state index is 12.8. The van der Waals surface area contributed by atoms with Gasteiger partial charge in [0.2, 0.25) is 0 Å². The van der Waals surface area contributed by atoms with Gasteiger partial charge < -0.3 is 9.55 Å². The summed E-state index contributed by atoms with van der Waals surface area (Å²) in [6, 6.07) is 9.66. The monoisotopic (exact) mass is 615 g/mol. The molecule has 0 bridgehead atoms. The van der Waals surface area contributed by atoms with Gasteiger partial charge in [0, 0.05) is 15.8 Å². The number of pyridine rings is 1. The van der Waals surface area contributed by atoms with E-state index in [1.165, 1.54) is 16.3 Å². The molecule has 4 aromatic heterocycles. The minimum atomic E-state index is -0.511. The second-order valence-electron chi connectivity index (χ2n) is 8.36. The van der Waals surface area contributed by atoms with Gasteiger partial charge in [-0.25, -0.2) is 19.7 Å². The predicted molar refractivity (Wildman–Crippen MR) is 148 cm³/mol. The summed E-state index contributed by atoms with van der Waals surface area (Å²) in [6.07, 6.45) is 0. The maximum Gasteiger partial charge on any atom is 0.330 e. The Morgan fingerprint density at radius 1 is 0.972 bits per heavy atom. The fourth-order valence-corrected chi connectivity index (χ4v) is 5.41. The fraction of sp³-hybridized carbons (Fsp3) is 0.250. The minimum Gasteiger partial charge on any atom is -0.322 e. The summed E-state index contributed by atoms with van der Waals surface area (Å²) in [7, 11) is 0. The molecular formula is C24H22IN7O3S. The first kappa shape index (κ1) is 24.4. The fourth-order valence-electron chi connectivity index (χ4n) is 4.25. The molecule has 0 saturated carbocycles. The standard InChI is InChI=1S/C24H22IN7O3S/c1-4-31-16(11-36-23-28-19-17(21(33)29-23)12(2)9-13(3)26-19)27-20-18(31)22(34)30-24(35)32(20)10-14-5-7-15(25)8-6-14/h5-9H,4,10-11H2,1-3H3,(H,30,34,35)(H,26,28,29,33). The van der Waals surface area contributed by atoms with Crippen LogP contribution < -0.4 is 16.8 Å². The zero-order chi connectivity index (χ0) is 25.6. The molecule has 0 aliphatic rings. The van der Waals surface area contributed by atoms with Crippen molar-refractivity contribution in [2.75, 3.05) is 0 Å². The summed E-state index contributed by atoms with van der Waals surface area (Å²) >= 11 is 3.51. The van der Waals surface area contributed by atoms with Gasteiger partial charge in [-0.15, -0.1) is 0 Å². The number of benzene rings is 1. The average molecular weight is 615 g/mol. The summed E-state index contributed by atoms with van der Waals surface area (Å²) < 4.78 is 4.35. The summed E-state index contributed by atoms with van der Waals surface area (Å²) in [4.78, 5) is 57.0. The number of aromatic amines is 2. The van der Waals surface area contributed by atoms with Gasteiger partial charge in [0.15, 0.2) is 22.0 Å². The van der Waals surface area contributed by atoms with E-state index < -0.39 is 11.2 Å². The zero-order valence-electron chi connectivity index (χ0n) is 19.8. The topological polar surface area (TPSA) is 131 Å². The predicted octanol–water partition coefficient (Wildman–Crippen LogP) is 3.10. The molecule has 10 nitrogen and oxygen atoms in total. The number of aromatic nitrogens is 7. The van der Waals surface area contributed by atoms with E-state index in [9.17, 15) is 14.4 Å². The zero-order valence-corrected chi connectivity index (χ0v) is 22.7. The van der Waals surface area contributed by atoms with Gasteiger partial charge in [0.1, 0.15) is 5.82 Å². The van der Waals surface area contributed by atoms with Crippen LogP contribution in [0.2, 0.25) is 0 Å². The van der Waals surface area contributed by atoms with Crippen molar-refractivity contribution in [3.05, 3.63) is 87.7 Å². The van der Waals surface area contributed by atoms with E-state index in [2.05, 4.69) is 42.5 Å². The largest absolute Gasteiger partial charge is 0.330 e.